The van der Waals surface area contributed by atoms with Crippen LogP contribution in [-0.4, -0.2) is 15.9 Å². The summed E-state index contributed by atoms with van der Waals surface area (Å²) in [4.78, 5) is 17.4. The van der Waals surface area contributed by atoms with E-state index in [1.54, 1.807) is 30.3 Å². The molecule has 0 fully saturated rings. The molecule has 0 radical (unpaired) electrons. The molecule has 1 heterocycles. The van der Waals surface area contributed by atoms with E-state index in [0.29, 0.717) is 16.5 Å². The number of fused-ring (bicyclic) bond motifs is 1. The maximum absolute atomic E-state index is 13.2. The van der Waals surface area contributed by atoms with Gasteiger partial charge in [-0.3, -0.25) is 9.79 Å². The largest absolute Gasteiger partial charge is 0.494 e. The average molecular weight is 436 g/mol. The fourth-order valence-electron chi connectivity index (χ4n) is 3.67. The summed E-state index contributed by atoms with van der Waals surface area (Å²) in [5.41, 5.74) is 1.40. The Morgan fingerprint density at radius 3 is 2.34 bits per heavy atom. The first-order chi connectivity index (χ1) is 15.2. The minimum Gasteiger partial charge on any atom is -0.494 e. The second-order valence-electron chi connectivity index (χ2n) is 7.52. The molecule has 0 saturated carbocycles. The van der Waals surface area contributed by atoms with Crippen LogP contribution in [0.25, 0.3) is 16.5 Å². The van der Waals surface area contributed by atoms with Crippen molar-refractivity contribution in [3.8, 4) is 11.6 Å². The molecule has 0 spiro atoms. The number of aromatic hydroxyl groups is 1. The maximum atomic E-state index is 13.2. The number of halogens is 3. The Bertz CT molecular complexity index is 1420. The first kappa shape index (κ1) is 21.4. The van der Waals surface area contributed by atoms with Crippen molar-refractivity contribution >= 4 is 22.7 Å². The van der Waals surface area contributed by atoms with E-state index in [9.17, 15) is 23.1 Å². The molecule has 0 aliphatic heterocycles. The molecule has 0 aliphatic rings. The van der Waals surface area contributed by atoms with Crippen molar-refractivity contribution in [3.05, 3.63) is 99.3 Å². The van der Waals surface area contributed by atoms with Crippen LogP contribution in [0, 0.1) is 13.8 Å². The standard InChI is InChI=1S/C25H19F3N2O2/c1-15-10-11-22(16(2)12-15)30-23(31)20-9-4-3-8-19(20)21(24(30)32)14-29-18-7-5-6-17(13-18)25(26,27)28/h3-14,32H,1-2H3. The van der Waals surface area contributed by atoms with Crippen LogP contribution in [0.4, 0.5) is 18.9 Å². The predicted octanol–water partition coefficient (Wildman–Crippen LogP) is 6.08. The van der Waals surface area contributed by atoms with Gasteiger partial charge in [0.2, 0.25) is 5.88 Å². The third-order valence-electron chi connectivity index (χ3n) is 5.21. The van der Waals surface area contributed by atoms with Crippen LogP contribution in [0.15, 0.2) is 76.5 Å². The second-order valence-corrected chi connectivity index (χ2v) is 7.52. The van der Waals surface area contributed by atoms with Crippen molar-refractivity contribution in [3.63, 3.8) is 0 Å². The summed E-state index contributed by atoms with van der Waals surface area (Å²) in [6.45, 7) is 3.76. The second kappa shape index (κ2) is 8.00. The van der Waals surface area contributed by atoms with Crippen molar-refractivity contribution < 1.29 is 18.3 Å². The highest BCUT2D eigenvalue weighted by atomic mass is 19.4. The van der Waals surface area contributed by atoms with Crippen LogP contribution >= 0.6 is 0 Å². The number of rotatable bonds is 3. The fraction of sp³-hybridized carbons (Fsp3) is 0.120. The molecule has 4 rings (SSSR count). The SMILES string of the molecule is Cc1ccc(-n2c(O)c(C=Nc3cccc(C(F)(F)F)c3)c3ccccc3c2=O)c(C)c1. The topological polar surface area (TPSA) is 54.6 Å². The highest BCUT2D eigenvalue weighted by Gasteiger charge is 2.30. The molecule has 3 aromatic carbocycles. The summed E-state index contributed by atoms with van der Waals surface area (Å²) in [5.74, 6) is -0.337. The van der Waals surface area contributed by atoms with Crippen LogP contribution in [0.3, 0.4) is 0 Å². The lowest BCUT2D eigenvalue weighted by Gasteiger charge is -2.16. The van der Waals surface area contributed by atoms with Gasteiger partial charge in [0.15, 0.2) is 0 Å². The van der Waals surface area contributed by atoms with Gasteiger partial charge in [-0.1, -0.05) is 42.0 Å². The van der Waals surface area contributed by atoms with Crippen LogP contribution in [0.1, 0.15) is 22.3 Å². The third kappa shape index (κ3) is 3.89. The van der Waals surface area contributed by atoms with Gasteiger partial charge in [0.05, 0.1) is 22.5 Å². The molecule has 0 saturated heterocycles. The van der Waals surface area contributed by atoms with Gasteiger partial charge in [0.25, 0.3) is 5.56 Å². The minimum absolute atomic E-state index is 0.0765. The van der Waals surface area contributed by atoms with Crippen molar-refractivity contribution in [1.82, 2.24) is 4.57 Å². The summed E-state index contributed by atoms with van der Waals surface area (Å²) in [5, 5.41) is 11.9. The molecule has 1 N–H and O–H groups in total. The van der Waals surface area contributed by atoms with Crippen LogP contribution < -0.4 is 5.56 Å². The Morgan fingerprint density at radius 1 is 0.938 bits per heavy atom. The molecule has 0 unspecified atom stereocenters. The molecule has 0 aliphatic carbocycles. The lowest BCUT2D eigenvalue weighted by atomic mass is 10.1. The Kier molecular flexibility index (Phi) is 5.34. The van der Waals surface area contributed by atoms with Crippen molar-refractivity contribution in [2.45, 2.75) is 20.0 Å². The zero-order chi connectivity index (χ0) is 23.0. The van der Waals surface area contributed by atoms with Gasteiger partial charge in [0, 0.05) is 17.0 Å². The highest BCUT2D eigenvalue weighted by Crippen LogP contribution is 2.32. The normalized spacial score (nSPS) is 12.0. The molecule has 4 aromatic rings. The molecular weight excluding hydrogens is 417 g/mol. The zero-order valence-electron chi connectivity index (χ0n) is 17.3. The number of hydrogen-bond donors (Lipinski definition) is 1. The number of benzene rings is 3. The van der Waals surface area contributed by atoms with Gasteiger partial charge in [-0.15, -0.1) is 0 Å². The molecule has 0 amide bonds. The number of aromatic nitrogens is 1. The van der Waals surface area contributed by atoms with Gasteiger partial charge >= 0.3 is 6.18 Å². The van der Waals surface area contributed by atoms with E-state index < -0.39 is 17.3 Å². The zero-order valence-corrected chi connectivity index (χ0v) is 17.3. The van der Waals surface area contributed by atoms with Gasteiger partial charge in [0.1, 0.15) is 0 Å². The van der Waals surface area contributed by atoms with Gasteiger partial charge < -0.3 is 5.11 Å². The van der Waals surface area contributed by atoms with E-state index in [4.69, 9.17) is 0 Å². The smallest absolute Gasteiger partial charge is 0.416 e. The molecule has 32 heavy (non-hydrogen) atoms. The molecular formula is C25H19F3N2O2. The first-order valence-electron chi connectivity index (χ1n) is 9.82. The van der Waals surface area contributed by atoms with Crippen molar-refractivity contribution in [1.29, 1.82) is 0 Å². The van der Waals surface area contributed by atoms with Crippen LogP contribution in [-0.2, 0) is 6.18 Å². The maximum Gasteiger partial charge on any atom is 0.416 e. The Hall–Kier alpha value is -3.87. The van der Waals surface area contributed by atoms with E-state index in [-0.39, 0.29) is 17.1 Å². The number of aliphatic imine (C=N–C) groups is 1. The molecule has 0 bridgehead atoms. The first-order valence-corrected chi connectivity index (χ1v) is 9.82. The fourth-order valence-corrected chi connectivity index (χ4v) is 3.67. The van der Waals surface area contributed by atoms with Crippen molar-refractivity contribution in [2.75, 3.05) is 0 Å². The predicted molar refractivity (Wildman–Crippen MR) is 119 cm³/mol. The molecule has 1 aromatic heterocycles. The van der Waals surface area contributed by atoms with Crippen molar-refractivity contribution in [2.24, 2.45) is 4.99 Å². The number of hydrogen-bond acceptors (Lipinski definition) is 3. The van der Waals surface area contributed by atoms with E-state index in [1.807, 2.05) is 26.0 Å². The monoisotopic (exact) mass is 436 g/mol. The molecule has 0 atom stereocenters. The lowest BCUT2D eigenvalue weighted by Crippen LogP contribution is -2.21. The average Bonchev–Trinajstić information content (AvgIpc) is 2.75. The van der Waals surface area contributed by atoms with Crippen LogP contribution in [0.5, 0.6) is 5.88 Å². The summed E-state index contributed by atoms with van der Waals surface area (Å²) >= 11 is 0. The summed E-state index contributed by atoms with van der Waals surface area (Å²) in [6, 6.07) is 16.8. The quantitative estimate of drug-likeness (QED) is 0.396. The number of pyridine rings is 1. The Labute approximate surface area is 181 Å². The highest BCUT2D eigenvalue weighted by molar-refractivity contribution is 6.02. The number of nitrogens with zero attached hydrogens (tertiary/aromatic N) is 2. The summed E-state index contributed by atoms with van der Waals surface area (Å²) in [7, 11) is 0. The van der Waals surface area contributed by atoms with Gasteiger partial charge in [-0.05, 0) is 49.7 Å². The minimum atomic E-state index is -4.49. The number of aryl methyl sites for hydroxylation is 2. The van der Waals surface area contributed by atoms with E-state index in [2.05, 4.69) is 4.99 Å². The van der Waals surface area contributed by atoms with Gasteiger partial charge in [-0.2, -0.15) is 13.2 Å². The van der Waals surface area contributed by atoms with E-state index in [0.717, 1.165) is 23.3 Å². The summed E-state index contributed by atoms with van der Waals surface area (Å²) in [6.07, 6.45) is -3.21. The van der Waals surface area contributed by atoms with E-state index >= 15 is 0 Å². The molecule has 4 nitrogen and oxygen atoms in total. The van der Waals surface area contributed by atoms with Gasteiger partial charge in [-0.25, -0.2) is 4.57 Å². The molecule has 162 valence electrons. The summed E-state index contributed by atoms with van der Waals surface area (Å²) < 4.78 is 40.3. The van der Waals surface area contributed by atoms with E-state index in [1.165, 1.54) is 22.9 Å². The van der Waals surface area contributed by atoms with Crippen LogP contribution in [0.2, 0.25) is 0 Å². The number of alkyl halides is 3. The Morgan fingerprint density at radius 2 is 1.66 bits per heavy atom. The molecule has 7 heteroatoms. The lowest BCUT2D eigenvalue weighted by molar-refractivity contribution is -0.137. The third-order valence-corrected chi connectivity index (χ3v) is 5.21. The Balaban J connectivity index is 1.94.